The molecule has 0 bridgehead atoms. The van der Waals surface area contributed by atoms with E-state index < -0.39 is 0 Å². The third-order valence-electron chi connectivity index (χ3n) is 0.699. The summed E-state index contributed by atoms with van der Waals surface area (Å²) < 4.78 is 0. The first-order valence-corrected chi connectivity index (χ1v) is 2.94. The fourth-order valence-electron chi connectivity index (χ4n) is 0.409. The van der Waals surface area contributed by atoms with Crippen molar-refractivity contribution >= 4 is 17.7 Å². The molecular formula is C5H10ClNO. The first-order chi connectivity index (χ1) is 3.66. The smallest absolute Gasteiger partial charge is 0.234 e. The summed E-state index contributed by atoms with van der Waals surface area (Å²) in [6.45, 7) is 3.93. The van der Waals surface area contributed by atoms with Crippen LogP contribution >= 0.6 is 11.8 Å². The Kier molecular flexibility index (Phi) is 3.61. The van der Waals surface area contributed by atoms with Gasteiger partial charge >= 0.3 is 0 Å². The van der Waals surface area contributed by atoms with Crippen LogP contribution in [0, 0.1) is 5.92 Å². The van der Waals surface area contributed by atoms with Crippen LogP contribution in [0.2, 0.25) is 0 Å². The fraction of sp³-hybridized carbons (Fsp3) is 0.800. The number of rotatable bonds is 2. The number of halogens is 1. The van der Waals surface area contributed by atoms with Crippen LogP contribution in [0.25, 0.3) is 0 Å². The normalized spacial score (nSPS) is 9.50. The van der Waals surface area contributed by atoms with E-state index in [1.54, 1.807) is 0 Å². The highest BCUT2D eigenvalue weighted by molar-refractivity contribution is 6.21. The maximum absolute atomic E-state index is 10.4. The Labute approximate surface area is 54.3 Å². The van der Waals surface area contributed by atoms with Crippen molar-refractivity contribution in [3.05, 3.63) is 0 Å². The van der Waals surface area contributed by atoms with E-state index >= 15 is 0 Å². The molecule has 1 amide bonds. The topological polar surface area (TPSA) is 29.1 Å². The molecule has 0 aromatic rings. The number of carbonyl (C=O) groups is 1. The van der Waals surface area contributed by atoms with Gasteiger partial charge in [0.05, 0.1) is 0 Å². The van der Waals surface area contributed by atoms with E-state index in [4.69, 9.17) is 11.8 Å². The quantitative estimate of drug-likeness (QED) is 0.569. The van der Waals surface area contributed by atoms with Gasteiger partial charge in [0.15, 0.2) is 0 Å². The van der Waals surface area contributed by atoms with Gasteiger partial charge in [0.2, 0.25) is 5.91 Å². The Hall–Kier alpha value is -0.240. The third-order valence-corrected chi connectivity index (χ3v) is 0.910. The molecule has 0 saturated heterocycles. The van der Waals surface area contributed by atoms with Crippen molar-refractivity contribution in [2.24, 2.45) is 5.92 Å². The van der Waals surface area contributed by atoms with Gasteiger partial charge in [-0.1, -0.05) is 13.8 Å². The zero-order valence-electron chi connectivity index (χ0n) is 5.07. The molecule has 0 spiro atoms. The fourth-order valence-corrected chi connectivity index (χ4v) is 0.487. The summed E-state index contributed by atoms with van der Waals surface area (Å²) in [5.41, 5.74) is 0. The first-order valence-electron chi connectivity index (χ1n) is 2.56. The molecule has 0 aromatic heterocycles. The molecule has 8 heavy (non-hydrogen) atoms. The first kappa shape index (κ1) is 7.76. The number of carbonyl (C=O) groups excluding carboxylic acids is 1. The summed E-state index contributed by atoms with van der Waals surface area (Å²) in [6.07, 6.45) is 0.503. The van der Waals surface area contributed by atoms with Gasteiger partial charge in [-0.25, -0.2) is 0 Å². The Morgan fingerprint density at radius 3 is 2.38 bits per heavy atom. The molecule has 0 aliphatic heterocycles. The van der Waals surface area contributed by atoms with Gasteiger partial charge in [0, 0.05) is 18.2 Å². The number of nitrogens with one attached hydrogen (secondary N) is 1. The van der Waals surface area contributed by atoms with Crippen molar-refractivity contribution in [2.45, 2.75) is 20.3 Å². The van der Waals surface area contributed by atoms with Crippen LogP contribution in [0.1, 0.15) is 20.3 Å². The summed E-state index contributed by atoms with van der Waals surface area (Å²) in [4.78, 5) is 12.4. The van der Waals surface area contributed by atoms with Crippen LogP contribution in [0.4, 0.5) is 0 Å². The predicted octanol–water partition coefficient (Wildman–Crippen LogP) is 1.30. The second-order valence-electron chi connectivity index (χ2n) is 2.12. The SMILES string of the molecule is CC(C)CC(=O)NCl. The van der Waals surface area contributed by atoms with Crippen LogP contribution in [0.5, 0.6) is 0 Å². The van der Waals surface area contributed by atoms with Gasteiger partial charge in [0.25, 0.3) is 0 Å². The van der Waals surface area contributed by atoms with Crippen LogP contribution in [0.15, 0.2) is 0 Å². The minimum atomic E-state index is -0.110. The van der Waals surface area contributed by atoms with Gasteiger partial charge in [-0.15, -0.1) is 0 Å². The van der Waals surface area contributed by atoms with Crippen LogP contribution in [-0.4, -0.2) is 5.91 Å². The lowest BCUT2D eigenvalue weighted by Crippen LogP contribution is -2.13. The molecule has 0 atom stereocenters. The van der Waals surface area contributed by atoms with Crippen LogP contribution in [0.3, 0.4) is 0 Å². The van der Waals surface area contributed by atoms with E-state index in [1.165, 1.54) is 0 Å². The van der Waals surface area contributed by atoms with E-state index in [-0.39, 0.29) is 5.91 Å². The monoisotopic (exact) mass is 135 g/mol. The van der Waals surface area contributed by atoms with E-state index in [0.29, 0.717) is 12.3 Å². The molecule has 48 valence electrons. The predicted molar refractivity (Wildman–Crippen MR) is 33.5 cm³/mol. The molecule has 0 saturated carbocycles. The zero-order chi connectivity index (χ0) is 6.57. The molecule has 0 aliphatic carbocycles. The molecule has 0 radical (unpaired) electrons. The molecule has 0 unspecified atom stereocenters. The molecule has 0 aliphatic rings. The molecule has 2 nitrogen and oxygen atoms in total. The lowest BCUT2D eigenvalue weighted by Gasteiger charge is -1.98. The summed E-state index contributed by atoms with van der Waals surface area (Å²) in [7, 11) is 0. The van der Waals surface area contributed by atoms with E-state index in [0.717, 1.165) is 0 Å². The second-order valence-corrected chi connectivity index (χ2v) is 2.30. The third kappa shape index (κ3) is 3.93. The Balaban J connectivity index is 3.25. The molecule has 3 heteroatoms. The van der Waals surface area contributed by atoms with Crippen molar-refractivity contribution in [3.8, 4) is 0 Å². The van der Waals surface area contributed by atoms with Gasteiger partial charge in [-0.3, -0.25) is 9.63 Å². The maximum atomic E-state index is 10.4. The Morgan fingerprint density at radius 2 is 2.25 bits per heavy atom. The molecular weight excluding hydrogens is 126 g/mol. The van der Waals surface area contributed by atoms with Crippen molar-refractivity contribution < 1.29 is 4.79 Å². The van der Waals surface area contributed by atoms with E-state index in [2.05, 4.69) is 0 Å². The molecule has 0 heterocycles. The zero-order valence-corrected chi connectivity index (χ0v) is 5.83. The van der Waals surface area contributed by atoms with Crippen molar-refractivity contribution in [1.29, 1.82) is 0 Å². The minimum Gasteiger partial charge on any atom is -0.274 e. The lowest BCUT2D eigenvalue weighted by atomic mass is 10.1. The molecule has 0 fully saturated rings. The minimum absolute atomic E-state index is 0.110. The van der Waals surface area contributed by atoms with Crippen molar-refractivity contribution in [3.63, 3.8) is 0 Å². The number of amides is 1. The summed E-state index contributed by atoms with van der Waals surface area (Å²) in [6, 6.07) is 0. The van der Waals surface area contributed by atoms with Gasteiger partial charge in [-0.05, 0) is 5.92 Å². The standard InChI is InChI=1S/C5H10ClNO/c1-4(2)3-5(8)7-6/h4H,3H2,1-2H3,(H,7,8). The highest BCUT2D eigenvalue weighted by Gasteiger charge is 2.00. The highest BCUT2D eigenvalue weighted by Crippen LogP contribution is 1.97. The average molecular weight is 136 g/mol. The highest BCUT2D eigenvalue weighted by atomic mass is 35.5. The Morgan fingerprint density at radius 1 is 1.75 bits per heavy atom. The van der Waals surface area contributed by atoms with Crippen molar-refractivity contribution in [1.82, 2.24) is 4.84 Å². The average Bonchev–Trinajstić information content (AvgIpc) is 1.65. The number of hydrogen-bond donors (Lipinski definition) is 1. The summed E-state index contributed by atoms with van der Waals surface area (Å²) in [5.74, 6) is 0.274. The van der Waals surface area contributed by atoms with Gasteiger partial charge in [0.1, 0.15) is 0 Å². The van der Waals surface area contributed by atoms with E-state index in [1.807, 2.05) is 18.7 Å². The van der Waals surface area contributed by atoms with Gasteiger partial charge < -0.3 is 0 Å². The lowest BCUT2D eigenvalue weighted by molar-refractivity contribution is -0.120. The number of hydrogen-bond acceptors (Lipinski definition) is 1. The Bertz CT molecular complexity index is 82.5. The largest absolute Gasteiger partial charge is 0.274 e. The van der Waals surface area contributed by atoms with Gasteiger partial charge in [-0.2, -0.15) is 0 Å². The molecule has 0 rings (SSSR count). The second kappa shape index (κ2) is 3.72. The maximum Gasteiger partial charge on any atom is 0.234 e. The molecule has 1 N–H and O–H groups in total. The summed E-state index contributed by atoms with van der Waals surface area (Å²) >= 11 is 5.00. The van der Waals surface area contributed by atoms with Crippen LogP contribution in [-0.2, 0) is 4.79 Å². The van der Waals surface area contributed by atoms with E-state index in [9.17, 15) is 4.79 Å². The van der Waals surface area contributed by atoms with Crippen molar-refractivity contribution in [2.75, 3.05) is 0 Å². The molecule has 0 aromatic carbocycles. The van der Waals surface area contributed by atoms with Crippen LogP contribution < -0.4 is 4.84 Å². The summed E-state index contributed by atoms with van der Waals surface area (Å²) in [5, 5.41) is 0.